The topological polar surface area (TPSA) is 88.4 Å². The Hall–Kier alpha value is -2.89. The fraction of sp³-hybridized carbons (Fsp3) is 0.350. The van der Waals surface area contributed by atoms with Crippen LogP contribution in [-0.4, -0.2) is 23.9 Å². The van der Waals surface area contributed by atoms with Crippen molar-refractivity contribution in [3.8, 4) is 0 Å². The molecular formula is C20H22N2O4. The molecule has 0 atom stereocenters. The maximum Gasteiger partial charge on any atom is 0.349 e. The normalized spacial score (nSPS) is 16.0. The predicted molar refractivity (Wildman–Crippen MR) is 99.0 cm³/mol. The van der Waals surface area contributed by atoms with E-state index in [2.05, 4.69) is 17.2 Å². The summed E-state index contributed by atoms with van der Waals surface area (Å²) in [5, 5.41) is 6.45. The first-order valence-electron chi connectivity index (χ1n) is 8.79. The standard InChI is InChI=1S/C20H22N2O4/c1-2-17(23)21-13-20(10-6-3-7-11-20)22-18(24)15-12-14-8-4-5-9-16(14)26-19(15)25/h2,4-5,8-9,12H,1,3,6-7,10-11,13H2,(H,21,23)(H,22,24). The highest BCUT2D eigenvalue weighted by atomic mass is 16.4. The van der Waals surface area contributed by atoms with Crippen molar-refractivity contribution in [2.45, 2.75) is 37.6 Å². The van der Waals surface area contributed by atoms with Gasteiger partial charge in [0.1, 0.15) is 11.1 Å². The highest BCUT2D eigenvalue weighted by Crippen LogP contribution is 2.28. The van der Waals surface area contributed by atoms with Gasteiger partial charge in [-0.1, -0.05) is 44.0 Å². The first kappa shape index (κ1) is 17.9. The van der Waals surface area contributed by atoms with Crippen molar-refractivity contribution in [3.05, 3.63) is 59.0 Å². The summed E-state index contributed by atoms with van der Waals surface area (Å²) in [4.78, 5) is 36.6. The molecule has 26 heavy (non-hydrogen) atoms. The van der Waals surface area contributed by atoms with Gasteiger partial charge in [-0.05, 0) is 31.1 Å². The lowest BCUT2D eigenvalue weighted by Crippen LogP contribution is -2.57. The second kappa shape index (κ2) is 7.56. The smallest absolute Gasteiger partial charge is 0.349 e. The Kier molecular flexibility index (Phi) is 5.21. The van der Waals surface area contributed by atoms with Gasteiger partial charge in [-0.3, -0.25) is 9.59 Å². The van der Waals surface area contributed by atoms with Crippen LogP contribution in [0, 0.1) is 0 Å². The highest BCUT2D eigenvalue weighted by molar-refractivity contribution is 5.97. The number of hydrogen-bond acceptors (Lipinski definition) is 4. The highest BCUT2D eigenvalue weighted by Gasteiger charge is 2.34. The van der Waals surface area contributed by atoms with Crippen LogP contribution in [-0.2, 0) is 4.79 Å². The number of fused-ring (bicyclic) bond motifs is 1. The quantitative estimate of drug-likeness (QED) is 0.638. The van der Waals surface area contributed by atoms with Crippen molar-refractivity contribution < 1.29 is 14.0 Å². The predicted octanol–water partition coefficient (Wildman–Crippen LogP) is 2.53. The first-order valence-corrected chi connectivity index (χ1v) is 8.79. The molecule has 0 spiro atoms. The molecule has 2 aromatic rings. The minimum Gasteiger partial charge on any atom is -0.422 e. The summed E-state index contributed by atoms with van der Waals surface area (Å²) in [7, 11) is 0. The van der Waals surface area contributed by atoms with Crippen LogP contribution in [0.3, 0.4) is 0 Å². The number of nitrogens with one attached hydrogen (secondary N) is 2. The second-order valence-electron chi connectivity index (χ2n) is 6.70. The molecule has 1 aromatic carbocycles. The van der Waals surface area contributed by atoms with E-state index in [4.69, 9.17) is 4.42 Å². The van der Waals surface area contributed by atoms with Gasteiger partial charge < -0.3 is 15.1 Å². The van der Waals surface area contributed by atoms with Crippen molar-refractivity contribution in [1.82, 2.24) is 10.6 Å². The molecule has 2 amide bonds. The van der Waals surface area contributed by atoms with Crippen LogP contribution >= 0.6 is 0 Å². The van der Waals surface area contributed by atoms with Gasteiger partial charge >= 0.3 is 5.63 Å². The Morgan fingerprint density at radius 2 is 1.92 bits per heavy atom. The van der Waals surface area contributed by atoms with E-state index >= 15 is 0 Å². The Bertz CT molecular complexity index is 894. The molecule has 0 unspecified atom stereocenters. The lowest BCUT2D eigenvalue weighted by Gasteiger charge is -2.38. The number of carbonyl (C=O) groups excluding carboxylic acids is 2. The minimum absolute atomic E-state index is 0.0244. The maximum absolute atomic E-state index is 12.8. The first-order chi connectivity index (χ1) is 12.5. The third-order valence-electron chi connectivity index (χ3n) is 4.86. The van der Waals surface area contributed by atoms with E-state index in [0.717, 1.165) is 32.1 Å². The summed E-state index contributed by atoms with van der Waals surface area (Å²) in [6.07, 6.45) is 5.69. The molecule has 1 aromatic heterocycles. The van der Waals surface area contributed by atoms with E-state index in [1.165, 1.54) is 6.08 Å². The van der Waals surface area contributed by atoms with Gasteiger partial charge in [0.2, 0.25) is 5.91 Å². The molecule has 1 aliphatic rings. The van der Waals surface area contributed by atoms with Crippen LogP contribution in [0.5, 0.6) is 0 Å². The molecule has 1 aliphatic carbocycles. The van der Waals surface area contributed by atoms with Crippen LogP contribution in [0.15, 0.2) is 52.2 Å². The lowest BCUT2D eigenvalue weighted by molar-refractivity contribution is -0.116. The van der Waals surface area contributed by atoms with Crippen molar-refractivity contribution in [2.24, 2.45) is 0 Å². The monoisotopic (exact) mass is 354 g/mol. The zero-order chi connectivity index (χ0) is 18.6. The average Bonchev–Trinajstić information content (AvgIpc) is 2.66. The average molecular weight is 354 g/mol. The third kappa shape index (κ3) is 3.85. The molecule has 6 heteroatoms. The fourth-order valence-electron chi connectivity index (χ4n) is 3.43. The summed E-state index contributed by atoms with van der Waals surface area (Å²) >= 11 is 0. The molecule has 1 fully saturated rings. The van der Waals surface area contributed by atoms with Gasteiger partial charge in [-0.15, -0.1) is 0 Å². The SMILES string of the molecule is C=CC(=O)NCC1(NC(=O)c2cc3ccccc3oc2=O)CCCCC1. The van der Waals surface area contributed by atoms with E-state index in [-0.39, 0.29) is 11.5 Å². The molecule has 2 N–H and O–H groups in total. The van der Waals surface area contributed by atoms with Gasteiger partial charge in [-0.25, -0.2) is 4.79 Å². The summed E-state index contributed by atoms with van der Waals surface area (Å²) in [5.41, 5.74) is -0.808. The molecule has 3 rings (SSSR count). The van der Waals surface area contributed by atoms with E-state index < -0.39 is 17.1 Å². The number of amides is 2. The van der Waals surface area contributed by atoms with E-state index in [1.54, 1.807) is 24.3 Å². The number of rotatable bonds is 5. The zero-order valence-corrected chi connectivity index (χ0v) is 14.5. The second-order valence-corrected chi connectivity index (χ2v) is 6.70. The van der Waals surface area contributed by atoms with Crippen molar-refractivity contribution in [1.29, 1.82) is 0 Å². The van der Waals surface area contributed by atoms with Crippen LogP contribution < -0.4 is 16.3 Å². The molecule has 1 heterocycles. The molecule has 136 valence electrons. The van der Waals surface area contributed by atoms with Crippen molar-refractivity contribution in [3.63, 3.8) is 0 Å². The largest absolute Gasteiger partial charge is 0.422 e. The Morgan fingerprint density at radius 1 is 1.19 bits per heavy atom. The summed E-state index contributed by atoms with van der Waals surface area (Å²) in [5.74, 6) is -0.756. The van der Waals surface area contributed by atoms with Gasteiger partial charge in [-0.2, -0.15) is 0 Å². The summed E-state index contributed by atoms with van der Waals surface area (Å²) in [6.45, 7) is 3.75. The third-order valence-corrected chi connectivity index (χ3v) is 4.86. The van der Waals surface area contributed by atoms with Crippen LogP contribution in [0.2, 0.25) is 0 Å². The molecule has 0 bridgehead atoms. The summed E-state index contributed by atoms with van der Waals surface area (Å²) < 4.78 is 5.25. The van der Waals surface area contributed by atoms with Gasteiger partial charge in [0.15, 0.2) is 0 Å². The molecular weight excluding hydrogens is 332 g/mol. The lowest BCUT2D eigenvalue weighted by atomic mass is 9.81. The van der Waals surface area contributed by atoms with Crippen LogP contribution in [0.25, 0.3) is 11.0 Å². The Morgan fingerprint density at radius 3 is 2.65 bits per heavy atom. The van der Waals surface area contributed by atoms with Gasteiger partial charge in [0.25, 0.3) is 5.91 Å². The number of carbonyl (C=O) groups is 2. The maximum atomic E-state index is 12.8. The molecule has 0 aliphatic heterocycles. The van der Waals surface area contributed by atoms with Crippen LogP contribution in [0.4, 0.5) is 0 Å². The van der Waals surface area contributed by atoms with Gasteiger partial charge in [0, 0.05) is 11.9 Å². The molecule has 1 saturated carbocycles. The number of para-hydroxylation sites is 1. The Balaban J connectivity index is 1.85. The van der Waals surface area contributed by atoms with Gasteiger partial charge in [0.05, 0.1) is 5.54 Å². The Labute approximate surface area is 151 Å². The van der Waals surface area contributed by atoms with E-state index in [9.17, 15) is 14.4 Å². The number of hydrogen-bond donors (Lipinski definition) is 2. The van der Waals surface area contributed by atoms with Crippen molar-refractivity contribution in [2.75, 3.05) is 6.54 Å². The summed E-state index contributed by atoms with van der Waals surface area (Å²) in [6, 6.07) is 8.61. The van der Waals surface area contributed by atoms with E-state index in [1.807, 2.05) is 6.07 Å². The van der Waals surface area contributed by atoms with E-state index in [0.29, 0.717) is 17.5 Å². The fourth-order valence-corrected chi connectivity index (χ4v) is 3.43. The van der Waals surface area contributed by atoms with Crippen LogP contribution in [0.1, 0.15) is 42.5 Å². The zero-order valence-electron chi connectivity index (χ0n) is 14.5. The number of benzene rings is 1. The molecule has 0 radical (unpaired) electrons. The molecule has 6 nitrogen and oxygen atoms in total. The molecule has 0 saturated heterocycles. The van der Waals surface area contributed by atoms with Crippen molar-refractivity contribution >= 4 is 22.8 Å². The minimum atomic E-state index is -0.665.